The quantitative estimate of drug-likeness (QED) is 0.739. The first kappa shape index (κ1) is 15.6. The monoisotopic (exact) mass is 398 g/mol. The number of hydrogen-bond acceptors (Lipinski definition) is 4. The van der Waals surface area contributed by atoms with Crippen molar-refractivity contribution in [2.45, 2.75) is 11.5 Å². The van der Waals surface area contributed by atoms with Crippen molar-refractivity contribution >= 4 is 47.3 Å². The fraction of sp³-hybridized carbons (Fsp3) is 0.182. The summed E-state index contributed by atoms with van der Waals surface area (Å²) in [5.41, 5.74) is 0.782. The molecule has 0 N–H and O–H groups in total. The molecule has 0 unspecified atom stereocenters. The van der Waals surface area contributed by atoms with Crippen molar-refractivity contribution in [2.75, 3.05) is 0 Å². The minimum atomic E-state index is -3.97. The number of aryl methyl sites for hydroxylation is 1. The fourth-order valence-corrected chi connectivity index (χ4v) is 3.63. The van der Waals surface area contributed by atoms with Crippen LogP contribution in [0.5, 0.6) is 5.75 Å². The van der Waals surface area contributed by atoms with Gasteiger partial charge in [-0.15, -0.1) is 0 Å². The van der Waals surface area contributed by atoms with Crippen LogP contribution in [0.15, 0.2) is 33.9 Å². The van der Waals surface area contributed by atoms with Crippen LogP contribution in [0.4, 0.5) is 0 Å². The Labute approximate surface area is 134 Å². The van der Waals surface area contributed by atoms with Gasteiger partial charge in [-0.05, 0) is 12.1 Å². The van der Waals surface area contributed by atoms with E-state index in [9.17, 15) is 8.42 Å². The number of rotatable bonds is 4. The lowest BCUT2D eigenvalue weighted by atomic mass is 10.3. The van der Waals surface area contributed by atoms with Crippen molar-refractivity contribution in [3.05, 3.63) is 39.6 Å². The number of benzene rings is 1. The molecule has 108 valence electrons. The van der Waals surface area contributed by atoms with Gasteiger partial charge < -0.3 is 4.74 Å². The Balaban J connectivity index is 2.35. The Kier molecular flexibility index (Phi) is 4.63. The average Bonchev–Trinajstić information content (AvgIpc) is 2.72. The van der Waals surface area contributed by atoms with Crippen molar-refractivity contribution in [3.8, 4) is 5.75 Å². The highest BCUT2D eigenvalue weighted by atomic mass is 79.9. The molecule has 2 aromatic rings. The third-order valence-electron chi connectivity index (χ3n) is 2.38. The van der Waals surface area contributed by atoms with E-state index in [0.29, 0.717) is 4.47 Å². The third kappa shape index (κ3) is 3.66. The SMILES string of the molecule is Cn1cc(COc2c(Cl)cc(Br)cc2S(=O)(=O)Cl)cn1. The van der Waals surface area contributed by atoms with E-state index in [4.69, 9.17) is 27.0 Å². The summed E-state index contributed by atoms with van der Waals surface area (Å²) in [5, 5.41) is 4.14. The van der Waals surface area contributed by atoms with Gasteiger partial charge in [0, 0.05) is 34.0 Å². The topological polar surface area (TPSA) is 61.2 Å². The second kappa shape index (κ2) is 5.93. The minimum Gasteiger partial charge on any atom is -0.486 e. The highest BCUT2D eigenvalue weighted by Crippen LogP contribution is 2.37. The highest BCUT2D eigenvalue weighted by Gasteiger charge is 2.21. The number of ether oxygens (including phenoxy) is 1. The molecule has 1 heterocycles. The number of nitrogens with zero attached hydrogens (tertiary/aromatic N) is 2. The first-order valence-corrected chi connectivity index (χ1v) is 8.79. The minimum absolute atomic E-state index is 0.0220. The molecule has 0 atom stereocenters. The number of aromatic nitrogens is 2. The summed E-state index contributed by atoms with van der Waals surface area (Å²) in [6.07, 6.45) is 3.36. The van der Waals surface area contributed by atoms with Crippen LogP contribution in [-0.4, -0.2) is 18.2 Å². The van der Waals surface area contributed by atoms with E-state index in [1.165, 1.54) is 12.1 Å². The third-order valence-corrected chi connectivity index (χ3v) is 4.44. The molecule has 0 radical (unpaired) electrons. The second-order valence-corrected chi connectivity index (χ2v) is 7.82. The van der Waals surface area contributed by atoms with Crippen LogP contribution in [0, 0.1) is 0 Å². The molecule has 0 aliphatic heterocycles. The summed E-state index contributed by atoms with van der Waals surface area (Å²) in [6.45, 7) is 0.134. The van der Waals surface area contributed by atoms with Gasteiger partial charge in [-0.1, -0.05) is 27.5 Å². The lowest BCUT2D eigenvalue weighted by molar-refractivity contribution is 0.298. The predicted molar refractivity (Wildman–Crippen MR) is 79.7 cm³/mol. The van der Waals surface area contributed by atoms with Gasteiger partial charge in [-0.3, -0.25) is 4.68 Å². The lowest BCUT2D eigenvalue weighted by Gasteiger charge is -2.11. The average molecular weight is 400 g/mol. The van der Waals surface area contributed by atoms with Gasteiger partial charge >= 0.3 is 0 Å². The molecule has 0 bridgehead atoms. The summed E-state index contributed by atoms with van der Waals surface area (Å²) >= 11 is 9.18. The van der Waals surface area contributed by atoms with Crippen LogP contribution in [0.1, 0.15) is 5.56 Å². The Morgan fingerprint density at radius 2 is 2.15 bits per heavy atom. The summed E-state index contributed by atoms with van der Waals surface area (Å²) in [7, 11) is 3.19. The Hall–Kier alpha value is -0.760. The van der Waals surface area contributed by atoms with E-state index in [2.05, 4.69) is 21.0 Å². The van der Waals surface area contributed by atoms with Crippen LogP contribution >= 0.6 is 38.2 Å². The molecule has 0 saturated heterocycles. The maximum atomic E-state index is 11.6. The van der Waals surface area contributed by atoms with Crippen LogP contribution < -0.4 is 4.74 Å². The summed E-state index contributed by atoms with van der Waals surface area (Å²) < 4.78 is 30.7. The molecule has 9 heteroatoms. The first-order valence-electron chi connectivity index (χ1n) is 5.31. The highest BCUT2D eigenvalue weighted by molar-refractivity contribution is 9.10. The summed E-state index contributed by atoms with van der Waals surface area (Å²) in [4.78, 5) is -0.178. The molecule has 20 heavy (non-hydrogen) atoms. The molecular weight excluding hydrogens is 391 g/mol. The van der Waals surface area contributed by atoms with Gasteiger partial charge in [-0.25, -0.2) is 8.42 Å². The standard InChI is InChI=1S/C11H9BrCl2N2O3S/c1-16-5-7(4-15-16)6-19-11-9(13)2-8(12)3-10(11)20(14,17)18/h2-5H,6H2,1H3. The molecule has 1 aromatic carbocycles. The maximum absolute atomic E-state index is 11.6. The van der Waals surface area contributed by atoms with E-state index in [1.54, 1.807) is 24.1 Å². The van der Waals surface area contributed by atoms with E-state index >= 15 is 0 Å². The van der Waals surface area contributed by atoms with Crippen LogP contribution in [0.2, 0.25) is 5.02 Å². The van der Waals surface area contributed by atoms with Crippen LogP contribution in [0.25, 0.3) is 0 Å². The zero-order valence-corrected chi connectivity index (χ0v) is 14.1. The summed E-state index contributed by atoms with van der Waals surface area (Å²) in [5.74, 6) is 0.0220. The lowest BCUT2D eigenvalue weighted by Crippen LogP contribution is -2.01. The summed E-state index contributed by atoms with van der Waals surface area (Å²) in [6, 6.07) is 2.87. The molecule has 5 nitrogen and oxygen atoms in total. The predicted octanol–water partition coefficient (Wildman–Crippen LogP) is 3.34. The van der Waals surface area contributed by atoms with Crippen molar-refractivity contribution < 1.29 is 13.2 Å². The van der Waals surface area contributed by atoms with Crippen molar-refractivity contribution in [3.63, 3.8) is 0 Å². The molecule has 0 saturated carbocycles. The Morgan fingerprint density at radius 1 is 1.45 bits per heavy atom. The molecular formula is C11H9BrCl2N2O3S. The van der Waals surface area contributed by atoms with Crippen molar-refractivity contribution in [2.24, 2.45) is 7.05 Å². The zero-order chi connectivity index (χ0) is 14.9. The zero-order valence-electron chi connectivity index (χ0n) is 10.2. The van der Waals surface area contributed by atoms with Crippen molar-refractivity contribution in [1.29, 1.82) is 0 Å². The van der Waals surface area contributed by atoms with Gasteiger partial charge in [-0.2, -0.15) is 5.10 Å². The number of halogens is 3. The van der Waals surface area contributed by atoms with E-state index in [0.717, 1.165) is 5.56 Å². The smallest absolute Gasteiger partial charge is 0.265 e. The largest absolute Gasteiger partial charge is 0.486 e. The molecule has 0 aliphatic rings. The van der Waals surface area contributed by atoms with Crippen LogP contribution in [0.3, 0.4) is 0 Å². The van der Waals surface area contributed by atoms with E-state index < -0.39 is 9.05 Å². The van der Waals surface area contributed by atoms with Gasteiger partial charge in [0.25, 0.3) is 9.05 Å². The van der Waals surface area contributed by atoms with Gasteiger partial charge in [0.2, 0.25) is 0 Å². The maximum Gasteiger partial charge on any atom is 0.265 e. The van der Waals surface area contributed by atoms with Gasteiger partial charge in [0.1, 0.15) is 11.5 Å². The van der Waals surface area contributed by atoms with Crippen LogP contribution in [-0.2, 0) is 22.7 Å². The normalized spacial score (nSPS) is 11.6. The second-order valence-electron chi connectivity index (χ2n) is 3.96. The Bertz CT molecular complexity index is 746. The van der Waals surface area contributed by atoms with Gasteiger partial charge in [0.05, 0.1) is 11.2 Å². The molecule has 0 fully saturated rings. The van der Waals surface area contributed by atoms with Crippen molar-refractivity contribution in [1.82, 2.24) is 9.78 Å². The molecule has 0 amide bonds. The molecule has 0 aliphatic carbocycles. The Morgan fingerprint density at radius 3 is 2.70 bits per heavy atom. The fourth-order valence-electron chi connectivity index (χ4n) is 1.56. The van der Waals surface area contributed by atoms with Gasteiger partial charge in [0.15, 0.2) is 5.75 Å². The first-order chi connectivity index (χ1) is 9.27. The van der Waals surface area contributed by atoms with E-state index in [-0.39, 0.29) is 22.3 Å². The van der Waals surface area contributed by atoms with E-state index in [1.807, 2.05) is 0 Å². The molecule has 2 rings (SSSR count). The number of hydrogen-bond donors (Lipinski definition) is 0. The molecule has 1 aromatic heterocycles. The molecule has 0 spiro atoms.